The second-order valence-electron chi connectivity index (χ2n) is 6.09. The molecule has 1 aromatic heterocycles. The van der Waals surface area contributed by atoms with Crippen LogP contribution in [0.25, 0.3) is 10.6 Å². The first-order valence-corrected chi connectivity index (χ1v) is 9.18. The van der Waals surface area contributed by atoms with Crippen LogP contribution in [0.15, 0.2) is 42.5 Å². The molecule has 1 N–H and O–H groups in total. The van der Waals surface area contributed by atoms with Crippen molar-refractivity contribution in [2.75, 3.05) is 11.9 Å². The van der Waals surface area contributed by atoms with Crippen molar-refractivity contribution in [3.05, 3.63) is 63.6 Å². The van der Waals surface area contributed by atoms with Gasteiger partial charge in [-0.2, -0.15) is 13.2 Å². The van der Waals surface area contributed by atoms with E-state index in [1.165, 1.54) is 29.5 Å². The predicted octanol–water partition coefficient (Wildman–Crippen LogP) is 6.13. The van der Waals surface area contributed by atoms with Crippen molar-refractivity contribution in [2.24, 2.45) is 0 Å². The topological polar surface area (TPSA) is 36.4 Å². The van der Waals surface area contributed by atoms with Crippen LogP contribution in [0.3, 0.4) is 0 Å². The third-order valence-corrected chi connectivity index (χ3v) is 5.60. The summed E-state index contributed by atoms with van der Waals surface area (Å²) in [7, 11) is 1.89. The number of hydrogen-bond acceptors (Lipinski definition) is 4. The highest BCUT2D eigenvalue weighted by atomic mass is 35.5. The normalized spacial score (nSPS) is 11.6. The fourth-order valence-electron chi connectivity index (χ4n) is 2.54. The number of phenols is 1. The molecule has 0 bridgehead atoms. The van der Waals surface area contributed by atoms with Gasteiger partial charge in [0.15, 0.2) is 0 Å². The standard InChI is InChI=1S/C19H16ClF3N2OS/c1-11-17(10-25(2)14-7-8-16(26)15(20)9-14)27-18(24-11)12-3-5-13(6-4-12)19(21,22)23/h3-9,26H,10H2,1-2H3. The SMILES string of the molecule is Cc1nc(-c2ccc(C(F)(F)F)cc2)sc1CN(C)c1ccc(O)c(Cl)c1. The number of thiazole rings is 1. The lowest BCUT2D eigenvalue weighted by Gasteiger charge is -2.19. The zero-order valence-electron chi connectivity index (χ0n) is 14.5. The number of halogens is 4. The molecular weight excluding hydrogens is 397 g/mol. The summed E-state index contributed by atoms with van der Waals surface area (Å²) in [6, 6.07) is 9.97. The number of anilines is 1. The Labute approximate surface area is 163 Å². The number of aromatic hydroxyl groups is 1. The Balaban J connectivity index is 1.81. The summed E-state index contributed by atoms with van der Waals surface area (Å²) < 4.78 is 38.1. The molecule has 0 saturated heterocycles. The molecule has 0 radical (unpaired) electrons. The van der Waals surface area contributed by atoms with Crippen molar-refractivity contribution in [1.82, 2.24) is 4.98 Å². The number of aryl methyl sites for hydroxylation is 1. The van der Waals surface area contributed by atoms with Gasteiger partial charge in [-0.3, -0.25) is 0 Å². The van der Waals surface area contributed by atoms with Gasteiger partial charge in [-0.05, 0) is 37.3 Å². The molecule has 0 atom stereocenters. The molecule has 8 heteroatoms. The third kappa shape index (κ3) is 4.36. The van der Waals surface area contributed by atoms with Crippen molar-refractivity contribution < 1.29 is 18.3 Å². The molecule has 0 saturated carbocycles. The first kappa shape index (κ1) is 19.5. The lowest BCUT2D eigenvalue weighted by Crippen LogP contribution is -2.16. The minimum Gasteiger partial charge on any atom is -0.506 e. The molecule has 3 nitrogen and oxygen atoms in total. The molecule has 0 spiro atoms. The summed E-state index contributed by atoms with van der Waals surface area (Å²) in [5.74, 6) is 0.0207. The largest absolute Gasteiger partial charge is 0.506 e. The summed E-state index contributed by atoms with van der Waals surface area (Å²) in [5, 5.41) is 10.5. The van der Waals surface area contributed by atoms with Crippen LogP contribution in [0.4, 0.5) is 18.9 Å². The van der Waals surface area contributed by atoms with Gasteiger partial charge in [0.1, 0.15) is 10.8 Å². The predicted molar refractivity (Wildman–Crippen MR) is 103 cm³/mol. The summed E-state index contributed by atoms with van der Waals surface area (Å²) >= 11 is 7.39. The van der Waals surface area contributed by atoms with Crippen LogP contribution in [0, 0.1) is 6.92 Å². The number of benzene rings is 2. The van der Waals surface area contributed by atoms with E-state index >= 15 is 0 Å². The van der Waals surface area contributed by atoms with E-state index in [1.807, 2.05) is 18.9 Å². The minimum absolute atomic E-state index is 0.0207. The Hall–Kier alpha value is -2.25. The fourth-order valence-corrected chi connectivity index (χ4v) is 3.84. The molecule has 0 amide bonds. The van der Waals surface area contributed by atoms with Crippen LogP contribution in [-0.4, -0.2) is 17.1 Å². The van der Waals surface area contributed by atoms with E-state index in [0.29, 0.717) is 17.1 Å². The second-order valence-corrected chi connectivity index (χ2v) is 7.59. The number of aromatic nitrogens is 1. The summed E-state index contributed by atoms with van der Waals surface area (Å²) in [5.41, 5.74) is 1.63. The highest BCUT2D eigenvalue weighted by molar-refractivity contribution is 7.15. The van der Waals surface area contributed by atoms with E-state index in [4.69, 9.17) is 11.6 Å². The first-order chi connectivity index (χ1) is 12.6. The van der Waals surface area contributed by atoms with E-state index in [-0.39, 0.29) is 10.8 Å². The van der Waals surface area contributed by atoms with E-state index in [0.717, 1.165) is 28.4 Å². The second kappa shape index (κ2) is 7.40. The van der Waals surface area contributed by atoms with Crippen LogP contribution in [0.2, 0.25) is 5.02 Å². The molecule has 0 unspecified atom stereocenters. The van der Waals surface area contributed by atoms with Crippen molar-refractivity contribution in [2.45, 2.75) is 19.6 Å². The quantitative estimate of drug-likeness (QED) is 0.559. The van der Waals surface area contributed by atoms with Gasteiger partial charge in [-0.25, -0.2) is 4.98 Å². The molecule has 142 valence electrons. The highest BCUT2D eigenvalue weighted by Crippen LogP contribution is 2.34. The Morgan fingerprint density at radius 3 is 2.41 bits per heavy atom. The Kier molecular flexibility index (Phi) is 5.35. The van der Waals surface area contributed by atoms with Crippen LogP contribution < -0.4 is 4.90 Å². The van der Waals surface area contributed by atoms with Crippen LogP contribution >= 0.6 is 22.9 Å². The number of phenolic OH excluding ortho intramolecular Hbond substituents is 1. The Morgan fingerprint density at radius 1 is 1.15 bits per heavy atom. The van der Waals surface area contributed by atoms with Crippen molar-refractivity contribution >= 4 is 28.6 Å². The molecule has 0 aliphatic heterocycles. The minimum atomic E-state index is -4.35. The van der Waals surface area contributed by atoms with E-state index in [2.05, 4.69) is 4.98 Å². The van der Waals surface area contributed by atoms with Gasteiger partial charge in [0.25, 0.3) is 0 Å². The number of hydrogen-bond donors (Lipinski definition) is 1. The first-order valence-electron chi connectivity index (χ1n) is 7.99. The van der Waals surface area contributed by atoms with Gasteiger partial charge < -0.3 is 10.0 Å². The van der Waals surface area contributed by atoms with Crippen molar-refractivity contribution in [3.8, 4) is 16.3 Å². The van der Waals surface area contributed by atoms with Crippen LogP contribution in [-0.2, 0) is 12.7 Å². The van der Waals surface area contributed by atoms with E-state index in [1.54, 1.807) is 12.1 Å². The third-order valence-electron chi connectivity index (χ3n) is 4.10. The van der Waals surface area contributed by atoms with E-state index in [9.17, 15) is 18.3 Å². The maximum absolute atomic E-state index is 12.7. The molecule has 27 heavy (non-hydrogen) atoms. The zero-order chi connectivity index (χ0) is 19.8. The number of alkyl halides is 3. The van der Waals surface area contributed by atoms with Crippen LogP contribution in [0.1, 0.15) is 16.1 Å². The van der Waals surface area contributed by atoms with Crippen LogP contribution in [0.5, 0.6) is 5.75 Å². The maximum Gasteiger partial charge on any atom is 0.416 e. The fraction of sp³-hybridized carbons (Fsp3) is 0.211. The molecule has 2 aromatic carbocycles. The monoisotopic (exact) mass is 412 g/mol. The Morgan fingerprint density at radius 2 is 1.81 bits per heavy atom. The Bertz CT molecular complexity index is 955. The summed E-state index contributed by atoms with van der Waals surface area (Å²) in [6.45, 7) is 2.43. The van der Waals surface area contributed by atoms with Gasteiger partial charge >= 0.3 is 6.18 Å². The molecule has 1 heterocycles. The molecule has 0 fully saturated rings. The van der Waals surface area contributed by atoms with Gasteiger partial charge in [0, 0.05) is 23.2 Å². The number of nitrogens with zero attached hydrogens (tertiary/aromatic N) is 2. The van der Waals surface area contributed by atoms with Gasteiger partial charge in [-0.15, -0.1) is 11.3 Å². The molecule has 3 aromatic rings. The zero-order valence-corrected chi connectivity index (χ0v) is 16.1. The van der Waals surface area contributed by atoms with Crippen molar-refractivity contribution in [3.63, 3.8) is 0 Å². The van der Waals surface area contributed by atoms with Crippen molar-refractivity contribution in [1.29, 1.82) is 0 Å². The summed E-state index contributed by atoms with van der Waals surface area (Å²) in [6.07, 6.45) is -4.35. The van der Waals surface area contributed by atoms with Gasteiger partial charge in [0.2, 0.25) is 0 Å². The van der Waals surface area contributed by atoms with Gasteiger partial charge in [-0.1, -0.05) is 23.7 Å². The lowest BCUT2D eigenvalue weighted by molar-refractivity contribution is -0.137. The lowest BCUT2D eigenvalue weighted by atomic mass is 10.1. The average molecular weight is 413 g/mol. The van der Waals surface area contributed by atoms with E-state index < -0.39 is 11.7 Å². The maximum atomic E-state index is 12.7. The molecule has 0 aliphatic carbocycles. The average Bonchev–Trinajstić information content (AvgIpc) is 2.97. The van der Waals surface area contributed by atoms with Gasteiger partial charge in [0.05, 0.1) is 22.8 Å². The smallest absolute Gasteiger partial charge is 0.416 e. The molecular formula is C19H16ClF3N2OS. The molecule has 0 aliphatic rings. The highest BCUT2D eigenvalue weighted by Gasteiger charge is 2.30. The summed E-state index contributed by atoms with van der Waals surface area (Å²) in [4.78, 5) is 7.45. The molecule has 3 rings (SSSR count). The number of rotatable bonds is 4.